The molecule has 6 nitrogen and oxygen atoms in total. The van der Waals surface area contributed by atoms with Crippen LogP contribution in [0.3, 0.4) is 0 Å². The van der Waals surface area contributed by atoms with Crippen LogP contribution in [-0.4, -0.2) is 41.0 Å². The third-order valence-electron chi connectivity index (χ3n) is 6.63. The number of benzene rings is 1. The molecule has 0 amide bonds. The molecular formula is C22H25F3N4O2S. The highest BCUT2D eigenvalue weighted by atomic mass is 32.1. The van der Waals surface area contributed by atoms with Crippen molar-refractivity contribution in [3.8, 4) is 16.3 Å². The predicted octanol–water partition coefficient (Wildman–Crippen LogP) is 5.60. The maximum atomic E-state index is 13.0. The first-order chi connectivity index (χ1) is 15.0. The SMILES string of the molecule is CC(C)(C)C12CCCC(CN(c3nc4c(OC(F)(F)F)ccc(-c5nccs5)c4o3)C1)N2. The van der Waals surface area contributed by atoms with E-state index in [0.717, 1.165) is 19.3 Å². The number of nitrogens with zero attached hydrogens (tertiary/aromatic N) is 3. The van der Waals surface area contributed by atoms with Crippen molar-refractivity contribution < 1.29 is 22.3 Å². The van der Waals surface area contributed by atoms with Crippen molar-refractivity contribution in [1.82, 2.24) is 15.3 Å². The van der Waals surface area contributed by atoms with Crippen LogP contribution in [0.1, 0.15) is 40.0 Å². The van der Waals surface area contributed by atoms with E-state index in [1.54, 1.807) is 12.3 Å². The van der Waals surface area contributed by atoms with Gasteiger partial charge in [0.05, 0.1) is 5.56 Å². The van der Waals surface area contributed by atoms with Crippen molar-refractivity contribution in [2.45, 2.75) is 58.0 Å². The highest BCUT2D eigenvalue weighted by Crippen LogP contribution is 2.44. The van der Waals surface area contributed by atoms with Crippen LogP contribution in [-0.2, 0) is 0 Å². The molecule has 2 aromatic heterocycles. The molecule has 3 aromatic rings. The minimum atomic E-state index is -4.82. The molecule has 2 saturated heterocycles. The molecule has 10 heteroatoms. The maximum absolute atomic E-state index is 13.0. The van der Waals surface area contributed by atoms with Crippen LogP contribution in [0.5, 0.6) is 5.75 Å². The molecule has 4 heterocycles. The molecule has 2 aliphatic heterocycles. The van der Waals surface area contributed by atoms with Crippen LogP contribution in [0.2, 0.25) is 0 Å². The molecule has 0 radical (unpaired) electrons. The van der Waals surface area contributed by atoms with E-state index in [1.807, 2.05) is 5.38 Å². The molecule has 2 unspecified atom stereocenters. The molecule has 2 aliphatic rings. The fourth-order valence-electron chi connectivity index (χ4n) is 4.92. The van der Waals surface area contributed by atoms with Gasteiger partial charge in [-0.2, -0.15) is 4.98 Å². The van der Waals surface area contributed by atoms with Crippen molar-refractivity contribution in [2.75, 3.05) is 18.0 Å². The Hall–Kier alpha value is -2.33. The largest absolute Gasteiger partial charge is 0.573 e. The lowest BCUT2D eigenvalue weighted by atomic mass is 9.66. The minimum absolute atomic E-state index is 0.00698. The normalized spacial score (nSPS) is 24.2. The summed E-state index contributed by atoms with van der Waals surface area (Å²) >= 11 is 1.39. The van der Waals surface area contributed by atoms with Gasteiger partial charge in [0.2, 0.25) is 0 Å². The first kappa shape index (κ1) is 21.5. The van der Waals surface area contributed by atoms with E-state index in [-0.39, 0.29) is 33.8 Å². The summed E-state index contributed by atoms with van der Waals surface area (Å²) in [7, 11) is 0. The van der Waals surface area contributed by atoms with E-state index >= 15 is 0 Å². The number of rotatable bonds is 3. The van der Waals surface area contributed by atoms with Crippen molar-refractivity contribution in [3.63, 3.8) is 0 Å². The molecule has 172 valence electrons. The van der Waals surface area contributed by atoms with Gasteiger partial charge < -0.3 is 19.4 Å². The molecule has 2 fully saturated rings. The Labute approximate surface area is 187 Å². The number of hydrogen-bond donors (Lipinski definition) is 1. The Balaban J connectivity index is 1.60. The van der Waals surface area contributed by atoms with Crippen LogP contribution in [0, 0.1) is 5.41 Å². The molecule has 0 saturated carbocycles. The lowest BCUT2D eigenvalue weighted by Gasteiger charge is -2.56. The number of nitrogens with one attached hydrogen (secondary N) is 1. The number of piperidine rings is 1. The minimum Gasteiger partial charge on any atom is -0.422 e. The average Bonchev–Trinajstić information content (AvgIpc) is 3.36. The summed E-state index contributed by atoms with van der Waals surface area (Å²) in [6.07, 6.45) is 0.0386. The Morgan fingerprint density at radius 2 is 2.09 bits per heavy atom. The van der Waals surface area contributed by atoms with Gasteiger partial charge in [0, 0.05) is 36.2 Å². The van der Waals surface area contributed by atoms with Gasteiger partial charge in [0.15, 0.2) is 16.8 Å². The summed E-state index contributed by atoms with van der Waals surface area (Å²) in [6, 6.07) is 3.41. The molecule has 32 heavy (non-hydrogen) atoms. The molecule has 0 spiro atoms. The summed E-state index contributed by atoms with van der Waals surface area (Å²) in [5, 5.41) is 6.28. The zero-order chi connectivity index (χ0) is 22.7. The second-order valence-corrected chi connectivity index (χ2v) is 10.5. The summed E-state index contributed by atoms with van der Waals surface area (Å²) in [4.78, 5) is 10.9. The monoisotopic (exact) mass is 466 g/mol. The van der Waals surface area contributed by atoms with Crippen molar-refractivity contribution in [3.05, 3.63) is 23.7 Å². The zero-order valence-electron chi connectivity index (χ0n) is 18.1. The number of thiazole rings is 1. The second-order valence-electron chi connectivity index (χ2n) is 9.62. The molecule has 1 N–H and O–H groups in total. The lowest BCUT2D eigenvalue weighted by molar-refractivity contribution is -0.274. The number of anilines is 1. The van der Waals surface area contributed by atoms with Crippen LogP contribution < -0.4 is 15.0 Å². The Bertz CT molecular complexity index is 1120. The zero-order valence-corrected chi connectivity index (χ0v) is 18.9. The van der Waals surface area contributed by atoms with Gasteiger partial charge in [-0.3, -0.25) is 0 Å². The van der Waals surface area contributed by atoms with E-state index in [0.29, 0.717) is 29.7 Å². The Morgan fingerprint density at radius 3 is 2.78 bits per heavy atom. The van der Waals surface area contributed by atoms with Crippen molar-refractivity contribution in [1.29, 1.82) is 0 Å². The third kappa shape index (κ3) is 3.73. The highest BCUT2D eigenvalue weighted by molar-refractivity contribution is 7.13. The van der Waals surface area contributed by atoms with Crippen LogP contribution >= 0.6 is 11.3 Å². The fourth-order valence-corrected chi connectivity index (χ4v) is 5.58. The first-order valence-corrected chi connectivity index (χ1v) is 11.5. The van der Waals surface area contributed by atoms with E-state index < -0.39 is 6.36 Å². The number of hydrogen-bond acceptors (Lipinski definition) is 7. The van der Waals surface area contributed by atoms with E-state index in [4.69, 9.17) is 4.42 Å². The van der Waals surface area contributed by atoms with Crippen LogP contribution in [0.15, 0.2) is 28.1 Å². The van der Waals surface area contributed by atoms with Crippen LogP contribution in [0.4, 0.5) is 19.2 Å². The summed E-state index contributed by atoms with van der Waals surface area (Å²) in [6.45, 7) is 8.00. The van der Waals surface area contributed by atoms with Gasteiger partial charge in [0.1, 0.15) is 5.01 Å². The quantitative estimate of drug-likeness (QED) is 0.542. The van der Waals surface area contributed by atoms with Crippen molar-refractivity contribution >= 4 is 28.5 Å². The lowest BCUT2D eigenvalue weighted by Crippen LogP contribution is -2.71. The summed E-state index contributed by atoms with van der Waals surface area (Å²) in [5.41, 5.74) is 0.776. The van der Waals surface area contributed by atoms with Gasteiger partial charge >= 0.3 is 6.36 Å². The second kappa shape index (κ2) is 7.34. The Morgan fingerprint density at radius 1 is 1.28 bits per heavy atom. The van der Waals surface area contributed by atoms with Gasteiger partial charge in [-0.05, 0) is 36.8 Å². The van der Waals surface area contributed by atoms with E-state index in [2.05, 4.69) is 45.7 Å². The van der Waals surface area contributed by atoms with Crippen molar-refractivity contribution in [2.24, 2.45) is 5.41 Å². The topological polar surface area (TPSA) is 63.4 Å². The third-order valence-corrected chi connectivity index (χ3v) is 7.43. The number of alkyl halides is 3. The standard InChI is InChI=1S/C22H25F3N4O2S/c1-20(2,3)21-8-4-5-13(28-21)11-29(12-21)19-27-16-15(31-22(23,24)25)7-6-14(17(16)30-19)18-26-9-10-32-18/h6-7,9-10,13,28H,4-5,8,11-12H2,1-3H3. The average molecular weight is 467 g/mol. The number of aromatic nitrogens is 2. The van der Waals surface area contributed by atoms with Gasteiger partial charge in [0.25, 0.3) is 6.01 Å². The molecule has 5 rings (SSSR count). The number of halogens is 3. The highest BCUT2D eigenvalue weighted by Gasteiger charge is 2.50. The van der Waals surface area contributed by atoms with E-state index in [9.17, 15) is 13.2 Å². The van der Waals surface area contributed by atoms with E-state index in [1.165, 1.54) is 17.4 Å². The van der Waals surface area contributed by atoms with Gasteiger partial charge in [-0.25, -0.2) is 4.98 Å². The fraction of sp³-hybridized carbons (Fsp3) is 0.545. The molecule has 2 bridgehead atoms. The molecular weight excluding hydrogens is 441 g/mol. The van der Waals surface area contributed by atoms with Gasteiger partial charge in [-0.15, -0.1) is 24.5 Å². The smallest absolute Gasteiger partial charge is 0.422 e. The maximum Gasteiger partial charge on any atom is 0.573 e. The number of ether oxygens (including phenoxy) is 1. The number of piperazine rings is 1. The molecule has 1 aromatic carbocycles. The summed E-state index contributed by atoms with van der Waals surface area (Å²) < 4.78 is 49.5. The number of fused-ring (bicyclic) bond motifs is 3. The number of oxazole rings is 1. The van der Waals surface area contributed by atoms with Gasteiger partial charge in [-0.1, -0.05) is 20.8 Å². The molecule has 0 aliphatic carbocycles. The summed E-state index contributed by atoms with van der Waals surface area (Å²) in [5.74, 6) is -0.372. The first-order valence-electron chi connectivity index (χ1n) is 10.7. The Kier molecular flexibility index (Phi) is 4.94. The van der Waals surface area contributed by atoms with Crippen LogP contribution in [0.25, 0.3) is 21.7 Å². The predicted molar refractivity (Wildman–Crippen MR) is 117 cm³/mol. The molecule has 2 atom stereocenters.